The number of ether oxygens (including phenoxy) is 1. The molecule has 1 aliphatic heterocycles. The maximum atomic E-state index is 14.1. The first-order chi connectivity index (χ1) is 14.2. The molecule has 6 nitrogen and oxygen atoms in total. The quantitative estimate of drug-likeness (QED) is 0.675. The van der Waals surface area contributed by atoms with Crippen LogP contribution in [-0.4, -0.2) is 29.6 Å². The van der Waals surface area contributed by atoms with Crippen LogP contribution in [0.2, 0.25) is 0 Å². The highest BCUT2D eigenvalue weighted by Crippen LogP contribution is 2.32. The number of hydrogen-bond donors (Lipinski definition) is 3. The Morgan fingerprint density at radius 2 is 2.10 bits per heavy atom. The van der Waals surface area contributed by atoms with Crippen LogP contribution in [0.25, 0.3) is 0 Å². The standard InChI is InChI=1S/C22H22F2N2O4/c1-12-6-18(24)20(30-11-13(2)27)9-19(12)26-22(29)17-10-25-21(28)8-16(17)14-4-3-5-15(23)7-14/h3-7,9-10,13,16,27H,8,11H2,1-2H3,(H,25,28)(H,26,29)/t13-,16?/m0/s1. The summed E-state index contributed by atoms with van der Waals surface area (Å²) in [5.74, 6) is -2.61. The van der Waals surface area contributed by atoms with Crippen molar-refractivity contribution in [2.24, 2.45) is 0 Å². The Morgan fingerprint density at radius 3 is 2.80 bits per heavy atom. The molecule has 8 heteroatoms. The molecule has 0 aliphatic carbocycles. The van der Waals surface area contributed by atoms with Crippen LogP contribution < -0.4 is 15.4 Å². The Kier molecular flexibility index (Phi) is 6.47. The van der Waals surface area contributed by atoms with E-state index in [9.17, 15) is 23.5 Å². The van der Waals surface area contributed by atoms with E-state index in [4.69, 9.17) is 4.74 Å². The number of hydrogen-bond acceptors (Lipinski definition) is 4. The molecule has 2 aromatic carbocycles. The molecule has 2 atom stereocenters. The topological polar surface area (TPSA) is 87.7 Å². The first-order valence-corrected chi connectivity index (χ1v) is 9.42. The van der Waals surface area contributed by atoms with Gasteiger partial charge < -0.3 is 20.5 Å². The second kappa shape index (κ2) is 9.04. The number of aliphatic hydroxyl groups excluding tert-OH is 1. The number of rotatable bonds is 6. The summed E-state index contributed by atoms with van der Waals surface area (Å²) < 4.78 is 33.0. The molecule has 0 spiro atoms. The molecule has 0 aromatic heterocycles. The number of benzene rings is 2. The van der Waals surface area contributed by atoms with Crippen LogP contribution in [0, 0.1) is 18.6 Å². The van der Waals surface area contributed by atoms with Crippen LogP contribution in [0.3, 0.4) is 0 Å². The maximum Gasteiger partial charge on any atom is 0.253 e. The number of carbonyl (C=O) groups is 2. The Bertz CT molecular complexity index is 1000. The summed E-state index contributed by atoms with van der Waals surface area (Å²) in [7, 11) is 0. The molecule has 0 radical (unpaired) electrons. The highest BCUT2D eigenvalue weighted by Gasteiger charge is 2.29. The van der Waals surface area contributed by atoms with E-state index in [1.54, 1.807) is 13.0 Å². The van der Waals surface area contributed by atoms with Gasteiger partial charge in [0.2, 0.25) is 5.91 Å². The smallest absolute Gasteiger partial charge is 0.253 e. The van der Waals surface area contributed by atoms with E-state index in [-0.39, 0.29) is 30.3 Å². The first kappa shape index (κ1) is 21.4. The first-order valence-electron chi connectivity index (χ1n) is 9.42. The summed E-state index contributed by atoms with van der Waals surface area (Å²) in [6.07, 6.45) is 0.515. The molecule has 1 aliphatic rings. The lowest BCUT2D eigenvalue weighted by atomic mass is 9.86. The minimum atomic E-state index is -0.785. The SMILES string of the molecule is Cc1cc(F)c(OC[C@H](C)O)cc1NC(=O)C1=CNC(=O)CC1c1cccc(F)c1. The normalized spacial score (nSPS) is 17.0. The molecule has 30 heavy (non-hydrogen) atoms. The Hall–Kier alpha value is -3.26. The fraction of sp³-hybridized carbons (Fsp3) is 0.273. The second-order valence-electron chi connectivity index (χ2n) is 7.19. The number of nitrogens with one attached hydrogen (secondary N) is 2. The summed E-state index contributed by atoms with van der Waals surface area (Å²) in [6.45, 7) is 3.02. The van der Waals surface area contributed by atoms with Crippen molar-refractivity contribution in [1.82, 2.24) is 5.32 Å². The largest absolute Gasteiger partial charge is 0.488 e. The molecular formula is C22H22F2N2O4. The molecular weight excluding hydrogens is 394 g/mol. The van der Waals surface area contributed by atoms with Gasteiger partial charge in [-0.15, -0.1) is 0 Å². The number of amides is 2. The number of aliphatic hydroxyl groups is 1. The lowest BCUT2D eigenvalue weighted by molar-refractivity contribution is -0.121. The fourth-order valence-corrected chi connectivity index (χ4v) is 3.16. The van der Waals surface area contributed by atoms with E-state index in [0.717, 1.165) is 0 Å². The minimum absolute atomic E-state index is 0.00610. The predicted molar refractivity (Wildman–Crippen MR) is 107 cm³/mol. The molecule has 2 amide bonds. The van der Waals surface area contributed by atoms with Gasteiger partial charge in [0, 0.05) is 35.9 Å². The molecule has 158 valence electrons. The van der Waals surface area contributed by atoms with Crippen LogP contribution in [0.15, 0.2) is 48.2 Å². The molecule has 1 heterocycles. The zero-order chi connectivity index (χ0) is 21.8. The highest BCUT2D eigenvalue weighted by molar-refractivity contribution is 6.06. The number of anilines is 1. The van der Waals surface area contributed by atoms with Crippen molar-refractivity contribution in [3.8, 4) is 5.75 Å². The lowest BCUT2D eigenvalue weighted by Gasteiger charge is -2.24. The van der Waals surface area contributed by atoms with Crippen molar-refractivity contribution in [2.45, 2.75) is 32.3 Å². The summed E-state index contributed by atoms with van der Waals surface area (Å²) in [4.78, 5) is 24.8. The zero-order valence-corrected chi connectivity index (χ0v) is 16.5. The fourth-order valence-electron chi connectivity index (χ4n) is 3.16. The van der Waals surface area contributed by atoms with Crippen LogP contribution in [-0.2, 0) is 9.59 Å². The maximum absolute atomic E-state index is 14.1. The van der Waals surface area contributed by atoms with Gasteiger partial charge in [0.1, 0.15) is 12.4 Å². The van der Waals surface area contributed by atoms with Gasteiger partial charge in [-0.05, 0) is 43.2 Å². The average Bonchev–Trinajstić information content (AvgIpc) is 2.68. The van der Waals surface area contributed by atoms with E-state index in [2.05, 4.69) is 10.6 Å². The van der Waals surface area contributed by atoms with Crippen molar-refractivity contribution in [3.63, 3.8) is 0 Å². The monoisotopic (exact) mass is 416 g/mol. The number of halogens is 2. The molecule has 3 rings (SSSR count). The Labute approximate surface area is 172 Å². The van der Waals surface area contributed by atoms with E-state index in [0.29, 0.717) is 16.8 Å². The zero-order valence-electron chi connectivity index (χ0n) is 16.5. The van der Waals surface area contributed by atoms with E-state index in [1.165, 1.54) is 43.5 Å². The van der Waals surface area contributed by atoms with Gasteiger partial charge in [0.15, 0.2) is 11.6 Å². The van der Waals surface area contributed by atoms with Gasteiger partial charge in [-0.1, -0.05) is 12.1 Å². The molecule has 1 unspecified atom stereocenters. The third-order valence-electron chi connectivity index (χ3n) is 4.67. The number of aryl methyl sites for hydroxylation is 1. The minimum Gasteiger partial charge on any atom is -0.488 e. The molecule has 0 bridgehead atoms. The van der Waals surface area contributed by atoms with Gasteiger partial charge in [0.05, 0.1) is 6.10 Å². The van der Waals surface area contributed by atoms with Gasteiger partial charge in [-0.3, -0.25) is 9.59 Å². The summed E-state index contributed by atoms with van der Waals surface area (Å²) in [5, 5.41) is 14.6. The average molecular weight is 416 g/mol. The van der Waals surface area contributed by atoms with Crippen molar-refractivity contribution in [3.05, 3.63) is 70.9 Å². The van der Waals surface area contributed by atoms with Crippen molar-refractivity contribution in [2.75, 3.05) is 11.9 Å². The highest BCUT2D eigenvalue weighted by atomic mass is 19.1. The van der Waals surface area contributed by atoms with Gasteiger partial charge in [-0.2, -0.15) is 0 Å². The van der Waals surface area contributed by atoms with Crippen molar-refractivity contribution >= 4 is 17.5 Å². The van der Waals surface area contributed by atoms with Crippen LogP contribution in [0.5, 0.6) is 5.75 Å². The second-order valence-corrected chi connectivity index (χ2v) is 7.19. The lowest BCUT2D eigenvalue weighted by Crippen LogP contribution is -2.32. The molecule has 2 aromatic rings. The third-order valence-corrected chi connectivity index (χ3v) is 4.67. The molecule has 0 saturated carbocycles. The van der Waals surface area contributed by atoms with Crippen LogP contribution in [0.4, 0.5) is 14.5 Å². The van der Waals surface area contributed by atoms with Gasteiger partial charge in [0.25, 0.3) is 5.91 Å². The van der Waals surface area contributed by atoms with Crippen LogP contribution >= 0.6 is 0 Å². The van der Waals surface area contributed by atoms with Gasteiger partial charge in [-0.25, -0.2) is 8.78 Å². The van der Waals surface area contributed by atoms with E-state index >= 15 is 0 Å². The number of carbonyl (C=O) groups excluding carboxylic acids is 2. The summed E-state index contributed by atoms with van der Waals surface area (Å²) >= 11 is 0. The summed E-state index contributed by atoms with van der Waals surface area (Å²) in [5.41, 5.74) is 1.53. The Morgan fingerprint density at radius 1 is 1.33 bits per heavy atom. The molecule has 0 fully saturated rings. The molecule has 3 N–H and O–H groups in total. The molecule has 0 saturated heterocycles. The third kappa shape index (κ3) is 5.01. The predicted octanol–water partition coefficient (Wildman–Crippen LogP) is 3.16. The van der Waals surface area contributed by atoms with Crippen molar-refractivity contribution in [1.29, 1.82) is 0 Å². The van der Waals surface area contributed by atoms with Crippen LogP contribution in [0.1, 0.15) is 30.4 Å². The van der Waals surface area contributed by atoms with E-state index < -0.39 is 29.6 Å². The Balaban J connectivity index is 1.86. The van der Waals surface area contributed by atoms with E-state index in [1.807, 2.05) is 0 Å². The van der Waals surface area contributed by atoms with Crippen molar-refractivity contribution < 1.29 is 28.2 Å². The van der Waals surface area contributed by atoms with Gasteiger partial charge >= 0.3 is 0 Å². The summed E-state index contributed by atoms with van der Waals surface area (Å²) in [6, 6.07) is 8.29.